The predicted octanol–water partition coefficient (Wildman–Crippen LogP) is 3.91. The molecule has 0 aliphatic rings. The number of nitrogens with zero attached hydrogens (tertiary/aromatic N) is 5. The number of rotatable bonds is 6. The van der Waals surface area contributed by atoms with Crippen molar-refractivity contribution in [2.45, 2.75) is 33.7 Å². The summed E-state index contributed by atoms with van der Waals surface area (Å²) in [7, 11) is 1.70. The fourth-order valence-electron chi connectivity index (χ4n) is 4.47. The average molecular weight is 467 g/mol. The van der Waals surface area contributed by atoms with Crippen LogP contribution in [0.4, 0.5) is 5.69 Å². The highest BCUT2D eigenvalue weighted by Gasteiger charge is 2.25. The molecule has 0 fully saturated rings. The quantitative estimate of drug-likeness (QED) is 0.462. The lowest BCUT2D eigenvalue weighted by atomic mass is 9.99. The van der Waals surface area contributed by atoms with Gasteiger partial charge in [0.2, 0.25) is 0 Å². The van der Waals surface area contributed by atoms with Crippen LogP contribution in [0.3, 0.4) is 0 Å². The summed E-state index contributed by atoms with van der Waals surface area (Å²) in [5.41, 5.74) is 11.2. The van der Waals surface area contributed by atoms with Crippen LogP contribution in [0.25, 0.3) is 10.9 Å². The Bertz CT molecular complexity index is 1510. The van der Waals surface area contributed by atoms with Gasteiger partial charge in [-0.3, -0.25) is 14.3 Å². The Kier molecular flexibility index (Phi) is 6.34. The van der Waals surface area contributed by atoms with Gasteiger partial charge in [0, 0.05) is 12.4 Å². The smallest absolute Gasteiger partial charge is 0.267 e. The highest BCUT2D eigenvalue weighted by molar-refractivity contribution is 6.15. The van der Waals surface area contributed by atoms with Gasteiger partial charge in [-0.1, -0.05) is 31.2 Å². The number of hydrogen-bond acceptors (Lipinski definition) is 5. The third kappa shape index (κ3) is 4.36. The molecule has 0 unspecified atom stereocenters. The molecule has 2 aromatic carbocycles. The van der Waals surface area contributed by atoms with Gasteiger partial charge in [-0.2, -0.15) is 10.4 Å². The van der Waals surface area contributed by atoms with Crippen molar-refractivity contribution in [2.75, 3.05) is 11.9 Å². The Labute approximate surface area is 203 Å². The number of hydrogen-bond donors (Lipinski definition) is 1. The number of pyridine rings is 1. The summed E-state index contributed by atoms with van der Waals surface area (Å²) < 4.78 is 1.82. The van der Waals surface area contributed by atoms with Crippen molar-refractivity contribution in [1.29, 1.82) is 5.26 Å². The summed E-state index contributed by atoms with van der Waals surface area (Å²) in [5, 5.41) is 14.6. The van der Waals surface area contributed by atoms with Crippen LogP contribution in [0, 0.1) is 25.2 Å². The third-order valence-electron chi connectivity index (χ3n) is 6.16. The number of aromatic nitrogens is 3. The number of anilines is 1. The van der Waals surface area contributed by atoms with E-state index in [0.29, 0.717) is 46.4 Å². The lowest BCUT2D eigenvalue weighted by Gasteiger charge is -2.20. The number of amides is 2. The van der Waals surface area contributed by atoms with Crippen LogP contribution in [0.5, 0.6) is 0 Å². The first-order valence-corrected chi connectivity index (χ1v) is 11.3. The van der Waals surface area contributed by atoms with Crippen molar-refractivity contribution in [1.82, 2.24) is 14.8 Å². The Morgan fingerprint density at radius 2 is 1.89 bits per heavy atom. The number of nitriles is 1. The molecule has 2 amide bonds. The molecule has 35 heavy (non-hydrogen) atoms. The van der Waals surface area contributed by atoms with E-state index in [1.165, 1.54) is 6.07 Å². The van der Waals surface area contributed by atoms with E-state index in [9.17, 15) is 14.9 Å². The number of benzene rings is 2. The zero-order valence-electron chi connectivity index (χ0n) is 20.2. The number of carbonyl (C=O) groups is 2. The van der Waals surface area contributed by atoms with Crippen LogP contribution < -0.4 is 10.6 Å². The molecule has 0 radical (unpaired) electrons. The molecule has 4 rings (SSSR count). The maximum absolute atomic E-state index is 13.8. The molecule has 0 aliphatic carbocycles. The van der Waals surface area contributed by atoms with Crippen LogP contribution >= 0.6 is 0 Å². The summed E-state index contributed by atoms with van der Waals surface area (Å²) >= 11 is 0. The van der Waals surface area contributed by atoms with Crippen LogP contribution in [-0.4, -0.2) is 33.6 Å². The van der Waals surface area contributed by atoms with Gasteiger partial charge in [0.25, 0.3) is 11.8 Å². The van der Waals surface area contributed by atoms with Gasteiger partial charge >= 0.3 is 0 Å². The molecule has 0 saturated heterocycles. The molecule has 8 nitrogen and oxygen atoms in total. The SMILES string of the molecule is CCc1cccc2nc(C(N)=O)cc(C(=O)N(C)c3c(C)nn(Cc4cccc(C#N)c4)c3C)c12. The molecule has 0 atom stereocenters. The van der Waals surface area contributed by atoms with Crippen molar-refractivity contribution in [3.05, 3.63) is 87.9 Å². The van der Waals surface area contributed by atoms with E-state index in [0.717, 1.165) is 16.8 Å². The van der Waals surface area contributed by atoms with E-state index in [2.05, 4.69) is 16.2 Å². The second-order valence-corrected chi connectivity index (χ2v) is 8.44. The number of carbonyl (C=O) groups excluding carboxylic acids is 2. The van der Waals surface area contributed by atoms with Gasteiger partial charge in [0.1, 0.15) is 5.69 Å². The van der Waals surface area contributed by atoms with Crippen molar-refractivity contribution >= 4 is 28.4 Å². The predicted molar refractivity (Wildman–Crippen MR) is 134 cm³/mol. The summed E-state index contributed by atoms with van der Waals surface area (Å²) in [6.45, 7) is 6.23. The average Bonchev–Trinajstić information content (AvgIpc) is 3.14. The number of nitrogens with two attached hydrogens (primary N) is 1. The maximum atomic E-state index is 13.8. The van der Waals surface area contributed by atoms with Crippen molar-refractivity contribution in [3.63, 3.8) is 0 Å². The minimum atomic E-state index is -0.690. The summed E-state index contributed by atoms with van der Waals surface area (Å²) in [5.74, 6) is -0.969. The molecule has 2 heterocycles. The van der Waals surface area contributed by atoms with Crippen molar-refractivity contribution in [3.8, 4) is 6.07 Å². The van der Waals surface area contributed by atoms with Gasteiger partial charge in [0.05, 0.1) is 46.3 Å². The summed E-state index contributed by atoms with van der Waals surface area (Å²) in [6.07, 6.45) is 0.705. The Hall–Kier alpha value is -4.51. The minimum Gasteiger partial charge on any atom is -0.364 e. The monoisotopic (exact) mass is 466 g/mol. The van der Waals surface area contributed by atoms with E-state index in [1.54, 1.807) is 24.1 Å². The molecule has 2 aromatic heterocycles. The first-order chi connectivity index (χ1) is 16.7. The van der Waals surface area contributed by atoms with Gasteiger partial charge in [0.15, 0.2) is 0 Å². The van der Waals surface area contributed by atoms with Gasteiger partial charge < -0.3 is 10.6 Å². The Balaban J connectivity index is 1.78. The number of fused-ring (bicyclic) bond motifs is 1. The van der Waals surface area contributed by atoms with E-state index >= 15 is 0 Å². The lowest BCUT2D eigenvalue weighted by Crippen LogP contribution is -2.28. The van der Waals surface area contributed by atoms with Gasteiger partial charge in [-0.25, -0.2) is 4.98 Å². The highest BCUT2D eigenvalue weighted by Crippen LogP contribution is 2.29. The zero-order valence-corrected chi connectivity index (χ0v) is 20.2. The molecule has 0 saturated carbocycles. The fraction of sp³-hybridized carbons (Fsp3) is 0.222. The van der Waals surface area contributed by atoms with E-state index in [1.807, 2.05) is 55.8 Å². The normalized spacial score (nSPS) is 10.8. The third-order valence-corrected chi connectivity index (χ3v) is 6.16. The number of aryl methyl sites for hydroxylation is 2. The zero-order chi connectivity index (χ0) is 25.3. The minimum absolute atomic E-state index is 0.0454. The second kappa shape index (κ2) is 9.39. The number of primary amides is 1. The molecule has 4 aromatic rings. The van der Waals surface area contributed by atoms with Crippen molar-refractivity contribution < 1.29 is 9.59 Å². The van der Waals surface area contributed by atoms with Gasteiger partial charge in [-0.05, 0) is 55.7 Å². The summed E-state index contributed by atoms with van der Waals surface area (Å²) in [6, 6.07) is 16.6. The van der Waals surface area contributed by atoms with Crippen LogP contribution in [0.1, 0.15) is 55.8 Å². The van der Waals surface area contributed by atoms with Gasteiger partial charge in [-0.15, -0.1) is 0 Å². The molecule has 176 valence electrons. The van der Waals surface area contributed by atoms with E-state index < -0.39 is 5.91 Å². The molecule has 2 N–H and O–H groups in total. The molecular weight excluding hydrogens is 440 g/mol. The standard InChI is InChI=1S/C27H26N6O2/c1-5-20-10-7-11-22-24(20)21(13-23(30-22)26(29)34)27(35)32(4)25-16(2)31-33(17(25)3)15-19-9-6-8-18(12-19)14-28/h6-13H,5,15H2,1-4H3,(H2,29,34). The highest BCUT2D eigenvalue weighted by atomic mass is 16.2. The lowest BCUT2D eigenvalue weighted by molar-refractivity contribution is 0.0994. The van der Waals surface area contributed by atoms with Crippen LogP contribution in [-0.2, 0) is 13.0 Å². The molecule has 8 heteroatoms. The molecule has 0 aliphatic heterocycles. The molecule has 0 spiro atoms. The maximum Gasteiger partial charge on any atom is 0.267 e. The Morgan fingerprint density at radius 1 is 1.14 bits per heavy atom. The molecular formula is C27H26N6O2. The first kappa shape index (κ1) is 23.6. The fourth-order valence-corrected chi connectivity index (χ4v) is 4.47. The topological polar surface area (TPSA) is 118 Å². The van der Waals surface area contributed by atoms with E-state index in [4.69, 9.17) is 5.73 Å². The van der Waals surface area contributed by atoms with Crippen LogP contribution in [0.2, 0.25) is 0 Å². The Morgan fingerprint density at radius 3 is 2.57 bits per heavy atom. The van der Waals surface area contributed by atoms with Crippen LogP contribution in [0.15, 0.2) is 48.5 Å². The van der Waals surface area contributed by atoms with E-state index in [-0.39, 0.29) is 11.6 Å². The second-order valence-electron chi connectivity index (χ2n) is 8.44. The molecule has 0 bridgehead atoms. The first-order valence-electron chi connectivity index (χ1n) is 11.3. The largest absolute Gasteiger partial charge is 0.364 e. The van der Waals surface area contributed by atoms with Crippen molar-refractivity contribution in [2.24, 2.45) is 5.73 Å². The summed E-state index contributed by atoms with van der Waals surface area (Å²) in [4.78, 5) is 31.7.